The molecule has 1 aromatic carbocycles. The van der Waals surface area contributed by atoms with Crippen molar-refractivity contribution < 1.29 is 9.59 Å². The van der Waals surface area contributed by atoms with Crippen LogP contribution < -0.4 is 10.6 Å². The third-order valence-corrected chi connectivity index (χ3v) is 3.96. The molecule has 1 aliphatic heterocycles. The number of carbonyl (C=O) groups is 2. The highest BCUT2D eigenvalue weighted by atomic mass is 79.9. The lowest BCUT2D eigenvalue weighted by Crippen LogP contribution is -2.44. The van der Waals surface area contributed by atoms with Crippen LogP contribution in [-0.4, -0.2) is 49.4 Å². The molecule has 1 saturated heterocycles. The second-order valence-electron chi connectivity index (χ2n) is 4.84. The summed E-state index contributed by atoms with van der Waals surface area (Å²) in [6, 6.07) is 7.31. The Kier molecular flexibility index (Phi) is 7.14. The standard InChI is InChI=1S/C14H18BrN3O2.ClH/c1-18(12-5-6-16-8-12)13(19)9-17-14(20)10-3-2-4-11(15)7-10;/h2-4,7,12,16H,5-6,8-9H2,1H3,(H,17,20);1H. The zero-order valence-electron chi connectivity index (χ0n) is 11.8. The fourth-order valence-electron chi connectivity index (χ4n) is 2.19. The average Bonchev–Trinajstić information content (AvgIpc) is 2.97. The summed E-state index contributed by atoms with van der Waals surface area (Å²) in [7, 11) is 1.78. The summed E-state index contributed by atoms with van der Waals surface area (Å²) in [5.74, 6) is -0.306. The Morgan fingerprint density at radius 2 is 2.24 bits per heavy atom. The Bertz CT molecular complexity index is 507. The molecule has 0 spiro atoms. The van der Waals surface area contributed by atoms with Gasteiger partial charge >= 0.3 is 0 Å². The zero-order chi connectivity index (χ0) is 14.5. The molecule has 0 aliphatic carbocycles. The van der Waals surface area contributed by atoms with Gasteiger partial charge in [0.25, 0.3) is 5.91 Å². The van der Waals surface area contributed by atoms with E-state index in [9.17, 15) is 9.59 Å². The van der Waals surface area contributed by atoms with Gasteiger partial charge in [-0.2, -0.15) is 0 Å². The first-order chi connectivity index (χ1) is 9.58. The number of likely N-dealkylation sites (N-methyl/N-ethyl adjacent to an activating group) is 1. The van der Waals surface area contributed by atoms with Crippen LogP contribution in [-0.2, 0) is 4.79 Å². The van der Waals surface area contributed by atoms with E-state index >= 15 is 0 Å². The highest BCUT2D eigenvalue weighted by Crippen LogP contribution is 2.11. The van der Waals surface area contributed by atoms with Crippen molar-refractivity contribution in [2.24, 2.45) is 0 Å². The van der Waals surface area contributed by atoms with E-state index < -0.39 is 0 Å². The lowest BCUT2D eigenvalue weighted by molar-refractivity contribution is -0.130. The van der Waals surface area contributed by atoms with Gasteiger partial charge in [0.15, 0.2) is 0 Å². The molecule has 21 heavy (non-hydrogen) atoms. The van der Waals surface area contributed by atoms with Gasteiger partial charge in [0, 0.05) is 29.7 Å². The second-order valence-corrected chi connectivity index (χ2v) is 5.76. The van der Waals surface area contributed by atoms with Crippen molar-refractivity contribution in [1.82, 2.24) is 15.5 Å². The number of carbonyl (C=O) groups excluding carboxylic acids is 2. The SMILES string of the molecule is CN(C(=O)CNC(=O)c1cccc(Br)c1)C1CCNC1.Cl. The number of hydrogen-bond acceptors (Lipinski definition) is 3. The van der Waals surface area contributed by atoms with Crippen molar-refractivity contribution >= 4 is 40.2 Å². The van der Waals surface area contributed by atoms with Crippen molar-refractivity contribution in [2.75, 3.05) is 26.7 Å². The van der Waals surface area contributed by atoms with Crippen LogP contribution in [0.4, 0.5) is 0 Å². The predicted octanol–water partition coefficient (Wildman–Crippen LogP) is 1.42. The van der Waals surface area contributed by atoms with Gasteiger partial charge in [0.05, 0.1) is 6.54 Å². The smallest absolute Gasteiger partial charge is 0.251 e. The molecular formula is C14H19BrClN3O2. The number of hydrogen-bond donors (Lipinski definition) is 2. The van der Waals surface area contributed by atoms with Crippen LogP contribution in [0.25, 0.3) is 0 Å². The largest absolute Gasteiger partial charge is 0.343 e. The van der Waals surface area contributed by atoms with E-state index in [-0.39, 0.29) is 36.8 Å². The summed E-state index contributed by atoms with van der Waals surface area (Å²) in [4.78, 5) is 25.6. The van der Waals surface area contributed by atoms with Crippen molar-refractivity contribution in [2.45, 2.75) is 12.5 Å². The zero-order valence-corrected chi connectivity index (χ0v) is 14.2. The van der Waals surface area contributed by atoms with Crippen molar-refractivity contribution in [1.29, 1.82) is 0 Å². The Morgan fingerprint density at radius 1 is 1.48 bits per heavy atom. The monoisotopic (exact) mass is 375 g/mol. The van der Waals surface area contributed by atoms with Crippen LogP contribution in [0, 0.1) is 0 Å². The fraction of sp³-hybridized carbons (Fsp3) is 0.429. The molecule has 0 aromatic heterocycles. The van der Waals surface area contributed by atoms with Crippen LogP contribution in [0.15, 0.2) is 28.7 Å². The summed E-state index contributed by atoms with van der Waals surface area (Å²) >= 11 is 3.32. The summed E-state index contributed by atoms with van der Waals surface area (Å²) < 4.78 is 0.839. The van der Waals surface area contributed by atoms with Crippen LogP contribution in [0.1, 0.15) is 16.8 Å². The summed E-state index contributed by atoms with van der Waals surface area (Å²) in [6.07, 6.45) is 0.960. The van der Waals surface area contributed by atoms with E-state index in [1.165, 1.54) is 0 Å². The van der Waals surface area contributed by atoms with Gasteiger partial charge in [-0.15, -0.1) is 12.4 Å². The molecule has 1 heterocycles. The fourth-order valence-corrected chi connectivity index (χ4v) is 2.59. The minimum atomic E-state index is -0.238. The van der Waals surface area contributed by atoms with Gasteiger partial charge in [0.1, 0.15) is 0 Å². The third-order valence-electron chi connectivity index (χ3n) is 3.46. The number of amides is 2. The first kappa shape index (κ1) is 17.9. The van der Waals surface area contributed by atoms with Crippen molar-refractivity contribution in [3.8, 4) is 0 Å². The second kappa shape index (κ2) is 8.36. The normalized spacial score (nSPS) is 17.0. The van der Waals surface area contributed by atoms with E-state index in [2.05, 4.69) is 26.6 Å². The maximum atomic E-state index is 12.0. The first-order valence-electron chi connectivity index (χ1n) is 6.58. The molecule has 1 fully saturated rings. The van der Waals surface area contributed by atoms with Gasteiger partial charge in [0.2, 0.25) is 5.91 Å². The van der Waals surface area contributed by atoms with Crippen LogP contribution in [0.5, 0.6) is 0 Å². The molecule has 2 amide bonds. The van der Waals surface area contributed by atoms with Crippen LogP contribution in [0.2, 0.25) is 0 Å². The first-order valence-corrected chi connectivity index (χ1v) is 7.37. The molecule has 116 valence electrons. The highest BCUT2D eigenvalue weighted by molar-refractivity contribution is 9.10. The number of nitrogens with zero attached hydrogens (tertiary/aromatic N) is 1. The Morgan fingerprint density at radius 3 is 2.86 bits per heavy atom. The predicted molar refractivity (Wildman–Crippen MR) is 87.8 cm³/mol. The van der Waals surface area contributed by atoms with Crippen molar-refractivity contribution in [3.63, 3.8) is 0 Å². The molecule has 1 atom stereocenters. The Balaban J connectivity index is 0.00000220. The maximum absolute atomic E-state index is 12.0. The van der Waals surface area contributed by atoms with Crippen LogP contribution >= 0.6 is 28.3 Å². The summed E-state index contributed by atoms with van der Waals surface area (Å²) in [5.41, 5.74) is 0.539. The van der Waals surface area contributed by atoms with E-state index in [1.807, 2.05) is 6.07 Å². The molecule has 5 nitrogen and oxygen atoms in total. The molecule has 1 aromatic rings. The van der Waals surface area contributed by atoms with Gasteiger partial charge in [-0.05, 0) is 31.2 Å². The molecule has 0 saturated carbocycles. The van der Waals surface area contributed by atoms with Gasteiger partial charge in [-0.25, -0.2) is 0 Å². The number of nitrogens with one attached hydrogen (secondary N) is 2. The number of rotatable bonds is 4. The molecule has 1 aliphatic rings. The van der Waals surface area contributed by atoms with Gasteiger partial charge in [-0.1, -0.05) is 22.0 Å². The number of benzene rings is 1. The minimum Gasteiger partial charge on any atom is -0.343 e. The van der Waals surface area contributed by atoms with E-state index in [0.717, 1.165) is 24.0 Å². The topological polar surface area (TPSA) is 61.4 Å². The van der Waals surface area contributed by atoms with E-state index in [4.69, 9.17) is 0 Å². The molecule has 0 radical (unpaired) electrons. The van der Waals surface area contributed by atoms with Gasteiger partial charge in [-0.3, -0.25) is 9.59 Å². The highest BCUT2D eigenvalue weighted by Gasteiger charge is 2.23. The Hall–Kier alpha value is -1.11. The van der Waals surface area contributed by atoms with Crippen molar-refractivity contribution in [3.05, 3.63) is 34.3 Å². The van der Waals surface area contributed by atoms with E-state index in [0.29, 0.717) is 5.56 Å². The maximum Gasteiger partial charge on any atom is 0.251 e. The number of halogens is 2. The summed E-state index contributed by atoms with van der Waals surface area (Å²) in [6.45, 7) is 1.78. The lowest BCUT2D eigenvalue weighted by Gasteiger charge is -2.23. The molecule has 0 bridgehead atoms. The average molecular weight is 377 g/mol. The Labute approximate surface area is 139 Å². The molecule has 2 rings (SSSR count). The summed E-state index contributed by atoms with van der Waals surface area (Å²) in [5, 5.41) is 5.88. The third kappa shape index (κ3) is 4.98. The van der Waals surface area contributed by atoms with Gasteiger partial charge < -0.3 is 15.5 Å². The molecule has 7 heteroatoms. The molecular weight excluding hydrogens is 358 g/mol. The molecule has 2 N–H and O–H groups in total. The van der Waals surface area contributed by atoms with E-state index in [1.54, 1.807) is 30.1 Å². The van der Waals surface area contributed by atoms with Crippen LogP contribution in [0.3, 0.4) is 0 Å². The lowest BCUT2D eigenvalue weighted by atomic mass is 10.2. The molecule has 1 unspecified atom stereocenters. The quantitative estimate of drug-likeness (QED) is 0.835. The minimum absolute atomic E-state index is 0.